The minimum absolute atomic E-state index is 0.0416. The lowest BCUT2D eigenvalue weighted by Gasteiger charge is -2.46. The van der Waals surface area contributed by atoms with E-state index in [1.165, 1.54) is 30.4 Å². The molecule has 5 atom stereocenters. The quantitative estimate of drug-likeness (QED) is 0.132. The number of carbonyl (C=O) groups is 4. The van der Waals surface area contributed by atoms with Gasteiger partial charge in [-0.2, -0.15) is 0 Å². The topological polar surface area (TPSA) is 138 Å². The van der Waals surface area contributed by atoms with Crippen LogP contribution < -0.4 is 15.4 Å². The molecule has 3 aliphatic heterocycles. The number of amides is 4. The van der Waals surface area contributed by atoms with Gasteiger partial charge < -0.3 is 34.5 Å². The van der Waals surface area contributed by atoms with Gasteiger partial charge in [0.25, 0.3) is 0 Å². The molecule has 0 saturated carbocycles. The Morgan fingerprint density at radius 3 is 2.40 bits per heavy atom. The largest absolute Gasteiger partial charge is 0.457 e. The zero-order valence-electron chi connectivity index (χ0n) is 39.3. The molecule has 5 aromatic rings. The summed E-state index contributed by atoms with van der Waals surface area (Å²) in [6, 6.07) is 29.0. The van der Waals surface area contributed by atoms with Crippen LogP contribution in [0.3, 0.4) is 0 Å². The number of methoxy groups -OCH3 is 1. The third-order valence-corrected chi connectivity index (χ3v) is 14.8. The number of hydrogen-bond acceptors (Lipinski definition) is 8. The van der Waals surface area contributed by atoms with E-state index in [0.29, 0.717) is 54.3 Å². The van der Waals surface area contributed by atoms with Crippen molar-refractivity contribution in [3.05, 3.63) is 136 Å². The van der Waals surface area contributed by atoms with E-state index >= 15 is 9.59 Å². The summed E-state index contributed by atoms with van der Waals surface area (Å²) in [6.07, 6.45) is 7.50. The Bertz CT molecular complexity index is 2620. The highest BCUT2D eigenvalue weighted by Crippen LogP contribution is 2.42. The number of ether oxygens (including phenoxy) is 2. The minimum Gasteiger partial charge on any atom is -0.457 e. The van der Waals surface area contributed by atoms with Gasteiger partial charge in [-0.3, -0.25) is 24.1 Å². The van der Waals surface area contributed by atoms with Crippen LogP contribution in [0.4, 0.5) is 0 Å². The standard InChI is InChI=1S/C54H62ClN7O6/c1-36-51(64)57-46(34-67-3)52(65)58-54(30-37-12-5-4-6-13-37)24-11-27-61(35-54)53(66)45(44-23-19-38-14-7-8-15-43(38)44)29-50(63)62(36)32-40-16-20-41(55)28-48(40)68-42-21-17-39(18-22-42)47-31-56-49(59(47)2)33-60-25-9-10-26-60/h4-8,12-18,20-22,28,31,36,44-46H,9-11,19,23-27,29-30,32-35H2,1-3H3,(H,57,64)(H,58,65)/t36-,44-,45-,46-,54+/m0/s1. The monoisotopic (exact) mass is 939 g/mol. The number of likely N-dealkylation sites (tertiary alicyclic amines) is 1. The summed E-state index contributed by atoms with van der Waals surface area (Å²) >= 11 is 6.62. The molecule has 2 N–H and O–H groups in total. The van der Waals surface area contributed by atoms with E-state index in [4.69, 9.17) is 26.1 Å². The summed E-state index contributed by atoms with van der Waals surface area (Å²) in [5, 5.41) is 6.72. The number of carbonyl (C=O) groups excluding carboxylic acids is 4. The third-order valence-electron chi connectivity index (χ3n) is 14.6. The number of aryl methyl sites for hydroxylation is 1. The molecule has 0 spiro atoms. The zero-order valence-corrected chi connectivity index (χ0v) is 40.1. The molecule has 2 bridgehead atoms. The van der Waals surface area contributed by atoms with Gasteiger partial charge in [-0.15, -0.1) is 0 Å². The Morgan fingerprint density at radius 1 is 0.853 bits per heavy atom. The van der Waals surface area contributed by atoms with Crippen LogP contribution in [0.2, 0.25) is 5.02 Å². The number of nitrogens with zero attached hydrogens (tertiary/aromatic N) is 5. The van der Waals surface area contributed by atoms with Crippen molar-refractivity contribution in [1.29, 1.82) is 0 Å². The first kappa shape index (κ1) is 47.1. The predicted molar refractivity (Wildman–Crippen MR) is 261 cm³/mol. The third kappa shape index (κ3) is 10.4. The first-order valence-corrected chi connectivity index (χ1v) is 24.5. The number of nitrogens with one attached hydrogen (secondary N) is 2. The number of piperidine rings is 1. The van der Waals surface area contributed by atoms with Crippen molar-refractivity contribution in [3.8, 4) is 22.8 Å². The summed E-state index contributed by atoms with van der Waals surface area (Å²) in [6.45, 7) is 5.27. The number of halogens is 1. The number of benzene rings is 4. The van der Waals surface area contributed by atoms with Gasteiger partial charge in [0.15, 0.2) is 0 Å². The summed E-state index contributed by atoms with van der Waals surface area (Å²) in [5.74, 6) is -0.382. The first-order chi connectivity index (χ1) is 33.0. The Labute approximate surface area is 404 Å². The minimum atomic E-state index is -1.07. The van der Waals surface area contributed by atoms with Crippen LogP contribution >= 0.6 is 11.6 Å². The van der Waals surface area contributed by atoms with Crippen molar-refractivity contribution in [3.63, 3.8) is 0 Å². The van der Waals surface area contributed by atoms with E-state index in [1.807, 2.05) is 84.9 Å². The lowest BCUT2D eigenvalue weighted by molar-refractivity contribution is -0.148. The maximum Gasteiger partial charge on any atom is 0.245 e. The Morgan fingerprint density at radius 2 is 1.62 bits per heavy atom. The molecule has 14 heteroatoms. The molecule has 1 aliphatic carbocycles. The molecule has 9 rings (SSSR count). The number of hydrogen-bond donors (Lipinski definition) is 2. The maximum absolute atomic E-state index is 15.3. The van der Waals surface area contributed by atoms with Crippen molar-refractivity contribution in [1.82, 2.24) is 34.9 Å². The molecule has 4 heterocycles. The first-order valence-electron chi connectivity index (χ1n) is 24.1. The maximum atomic E-state index is 15.3. The van der Waals surface area contributed by atoms with Crippen LogP contribution in [0.15, 0.2) is 103 Å². The normalized spacial score (nSPS) is 23.8. The van der Waals surface area contributed by atoms with Crippen LogP contribution in [0.5, 0.6) is 11.5 Å². The van der Waals surface area contributed by atoms with Crippen molar-refractivity contribution < 1.29 is 28.7 Å². The van der Waals surface area contributed by atoms with Gasteiger partial charge in [0.05, 0.1) is 43.0 Å². The summed E-state index contributed by atoms with van der Waals surface area (Å²) in [7, 11) is 3.52. The van der Waals surface area contributed by atoms with Crippen molar-refractivity contribution in [2.75, 3.05) is 39.9 Å². The van der Waals surface area contributed by atoms with Gasteiger partial charge in [0, 0.05) is 49.8 Å². The highest BCUT2D eigenvalue weighted by atomic mass is 35.5. The lowest BCUT2D eigenvalue weighted by atomic mass is 9.80. The molecule has 0 radical (unpaired) electrons. The van der Waals surface area contributed by atoms with E-state index in [9.17, 15) is 9.59 Å². The molecule has 13 nitrogen and oxygen atoms in total. The Hall–Kier alpha value is -6.02. The van der Waals surface area contributed by atoms with Gasteiger partial charge >= 0.3 is 0 Å². The summed E-state index contributed by atoms with van der Waals surface area (Å²) in [4.78, 5) is 70.1. The highest BCUT2D eigenvalue weighted by molar-refractivity contribution is 6.30. The average molecular weight is 941 g/mol. The number of imidazole rings is 1. The fourth-order valence-electron chi connectivity index (χ4n) is 10.9. The van der Waals surface area contributed by atoms with Gasteiger partial charge in [-0.05, 0) is 124 Å². The molecule has 356 valence electrons. The highest BCUT2D eigenvalue weighted by Gasteiger charge is 2.45. The van der Waals surface area contributed by atoms with Crippen LogP contribution in [-0.2, 0) is 56.9 Å². The van der Waals surface area contributed by atoms with Crippen molar-refractivity contribution in [2.24, 2.45) is 13.0 Å². The molecule has 3 saturated heterocycles. The van der Waals surface area contributed by atoms with Crippen LogP contribution in [0.25, 0.3) is 11.3 Å². The smallest absolute Gasteiger partial charge is 0.245 e. The van der Waals surface area contributed by atoms with E-state index in [-0.39, 0.29) is 43.8 Å². The second-order valence-corrected chi connectivity index (χ2v) is 19.6. The zero-order chi connectivity index (χ0) is 47.4. The second kappa shape index (κ2) is 20.7. The number of fused-ring (bicyclic) bond motifs is 3. The van der Waals surface area contributed by atoms with Crippen LogP contribution in [0.1, 0.15) is 79.4 Å². The van der Waals surface area contributed by atoms with Crippen LogP contribution in [0, 0.1) is 5.92 Å². The molecule has 4 aromatic carbocycles. The van der Waals surface area contributed by atoms with Crippen molar-refractivity contribution in [2.45, 2.75) is 94.9 Å². The molecule has 0 unspecified atom stereocenters. The SMILES string of the molecule is COC[C@@H]1NC(=O)[C@H](C)N(Cc2ccc(Cl)cc2Oc2ccc(-c3cnc(CN4CCCC4)n3C)cc2)C(=O)C[C@@H]([C@H]2CCc3ccccc32)C(=O)N2CCC[C@@](Cc3ccccc3)(C2)NC1=O. The Kier molecular flexibility index (Phi) is 14.3. The Balaban J connectivity index is 1.03. The van der Waals surface area contributed by atoms with E-state index in [2.05, 4.69) is 32.2 Å². The molecular formula is C54H62ClN7O6. The number of rotatable bonds is 12. The van der Waals surface area contributed by atoms with Gasteiger partial charge in [-0.25, -0.2) is 4.98 Å². The molecule has 1 aromatic heterocycles. The molecule has 68 heavy (non-hydrogen) atoms. The predicted octanol–water partition coefficient (Wildman–Crippen LogP) is 7.45. The molecule has 4 aliphatic rings. The molecule has 3 fully saturated rings. The van der Waals surface area contributed by atoms with Gasteiger partial charge in [-0.1, -0.05) is 72.3 Å². The van der Waals surface area contributed by atoms with E-state index < -0.39 is 35.4 Å². The lowest BCUT2D eigenvalue weighted by Crippen LogP contribution is -2.65. The van der Waals surface area contributed by atoms with E-state index in [0.717, 1.165) is 54.3 Å². The molecule has 4 amide bonds. The summed E-state index contributed by atoms with van der Waals surface area (Å²) in [5.41, 5.74) is 5.03. The second-order valence-electron chi connectivity index (χ2n) is 19.1. The summed E-state index contributed by atoms with van der Waals surface area (Å²) < 4.78 is 14.2. The fourth-order valence-corrected chi connectivity index (χ4v) is 11.0. The fraction of sp³-hybridized carbons (Fsp3) is 0.426. The number of aromatic nitrogens is 2. The van der Waals surface area contributed by atoms with Gasteiger partial charge in [0.1, 0.15) is 29.4 Å². The molecular weight excluding hydrogens is 878 g/mol. The average Bonchev–Trinajstić information content (AvgIpc) is 4.11. The van der Waals surface area contributed by atoms with Crippen molar-refractivity contribution >= 4 is 35.2 Å². The van der Waals surface area contributed by atoms with E-state index in [1.54, 1.807) is 25.1 Å². The van der Waals surface area contributed by atoms with Gasteiger partial charge in [0.2, 0.25) is 23.6 Å². The van der Waals surface area contributed by atoms with Crippen LogP contribution in [-0.4, -0.2) is 105 Å².